The minimum absolute atomic E-state index is 0.317. The fraction of sp³-hybridized carbons (Fsp3) is 0.471. The lowest BCUT2D eigenvalue weighted by atomic mass is 9.70. The van der Waals surface area contributed by atoms with Crippen molar-refractivity contribution in [2.75, 3.05) is 13.2 Å². The molecule has 2 nitrogen and oxygen atoms in total. The molecule has 100 valence electrons. The molecule has 1 aliphatic heterocycles. The Morgan fingerprint density at radius 3 is 2.58 bits per heavy atom. The van der Waals surface area contributed by atoms with E-state index in [0.717, 1.165) is 24.8 Å². The van der Waals surface area contributed by atoms with Crippen LogP contribution in [0.25, 0.3) is 0 Å². The van der Waals surface area contributed by atoms with Crippen molar-refractivity contribution in [2.45, 2.75) is 37.5 Å². The number of Topliss-reactive ketones (excluding diaryl/α,β-unsaturated/α-hetero) is 1. The molecule has 0 aromatic heterocycles. The second kappa shape index (κ2) is 6.54. The Bertz CT molecular complexity index is 450. The first-order valence-electron chi connectivity index (χ1n) is 6.90. The lowest BCUT2D eigenvalue weighted by Gasteiger charge is -2.36. The summed E-state index contributed by atoms with van der Waals surface area (Å²) in [5.74, 6) is 2.92. The third-order valence-corrected chi connectivity index (χ3v) is 3.93. The number of ether oxygens (including phenoxy) is 1. The van der Waals surface area contributed by atoms with Gasteiger partial charge < -0.3 is 4.74 Å². The van der Waals surface area contributed by atoms with Crippen molar-refractivity contribution in [1.29, 1.82) is 0 Å². The van der Waals surface area contributed by atoms with Crippen LogP contribution < -0.4 is 0 Å². The number of ketones is 1. The Kier molecular flexibility index (Phi) is 4.76. The second-order valence-corrected chi connectivity index (χ2v) is 5.04. The van der Waals surface area contributed by atoms with Crippen LogP contribution >= 0.6 is 0 Å². The second-order valence-electron chi connectivity index (χ2n) is 5.04. The van der Waals surface area contributed by atoms with Crippen LogP contribution in [0.3, 0.4) is 0 Å². The van der Waals surface area contributed by atoms with Gasteiger partial charge in [-0.15, -0.1) is 12.3 Å². The van der Waals surface area contributed by atoms with E-state index in [1.54, 1.807) is 0 Å². The van der Waals surface area contributed by atoms with E-state index < -0.39 is 0 Å². The lowest BCUT2D eigenvalue weighted by Crippen LogP contribution is -2.41. The minimum atomic E-state index is -0.353. The molecule has 19 heavy (non-hydrogen) atoms. The Balaban J connectivity index is 2.20. The number of benzene rings is 1. The highest BCUT2D eigenvalue weighted by Gasteiger charge is 2.40. The molecule has 1 fully saturated rings. The van der Waals surface area contributed by atoms with Crippen molar-refractivity contribution in [2.24, 2.45) is 0 Å². The largest absolute Gasteiger partial charge is 0.381 e. The molecule has 1 aromatic carbocycles. The quantitative estimate of drug-likeness (QED) is 0.597. The zero-order chi connectivity index (χ0) is 13.6. The summed E-state index contributed by atoms with van der Waals surface area (Å²) in [6, 6.07) is 10.1. The van der Waals surface area contributed by atoms with Crippen LogP contribution in [0.15, 0.2) is 30.3 Å². The fourth-order valence-electron chi connectivity index (χ4n) is 2.80. The zero-order valence-electron chi connectivity index (χ0n) is 11.2. The van der Waals surface area contributed by atoms with Gasteiger partial charge in [0.2, 0.25) is 0 Å². The smallest absolute Gasteiger partial charge is 0.143 e. The Morgan fingerprint density at radius 2 is 1.95 bits per heavy atom. The maximum Gasteiger partial charge on any atom is 0.143 e. The molecule has 0 unspecified atom stereocenters. The molecule has 0 bridgehead atoms. The minimum Gasteiger partial charge on any atom is -0.381 e. The highest BCUT2D eigenvalue weighted by atomic mass is 16.5. The van der Waals surface area contributed by atoms with E-state index in [0.29, 0.717) is 31.8 Å². The molecule has 0 radical (unpaired) electrons. The van der Waals surface area contributed by atoms with Crippen LogP contribution in [-0.4, -0.2) is 19.0 Å². The van der Waals surface area contributed by atoms with Crippen molar-refractivity contribution in [3.63, 3.8) is 0 Å². The molecule has 1 aromatic rings. The summed E-state index contributed by atoms with van der Waals surface area (Å²) in [4.78, 5) is 12.7. The summed E-state index contributed by atoms with van der Waals surface area (Å²) < 4.78 is 5.44. The number of hydrogen-bond donors (Lipinski definition) is 0. The number of unbranched alkanes of at least 4 members (excludes halogenated alkanes) is 1. The van der Waals surface area contributed by atoms with Crippen LogP contribution in [0.4, 0.5) is 0 Å². The SMILES string of the molecule is C#CCCCC(=O)C1(c2ccccc2)CCOCC1. The Labute approximate surface area is 115 Å². The summed E-state index contributed by atoms with van der Waals surface area (Å²) in [5, 5.41) is 0. The number of hydrogen-bond acceptors (Lipinski definition) is 2. The van der Waals surface area contributed by atoms with Crippen molar-refractivity contribution in [3.8, 4) is 12.3 Å². The van der Waals surface area contributed by atoms with Gasteiger partial charge in [0.1, 0.15) is 5.78 Å². The van der Waals surface area contributed by atoms with Crippen LogP contribution in [0, 0.1) is 12.3 Å². The van der Waals surface area contributed by atoms with E-state index in [1.165, 1.54) is 0 Å². The van der Waals surface area contributed by atoms with Gasteiger partial charge in [-0.25, -0.2) is 0 Å². The molecule has 0 saturated carbocycles. The number of rotatable bonds is 5. The molecule has 0 spiro atoms. The van der Waals surface area contributed by atoms with Crippen LogP contribution in [0.1, 0.15) is 37.7 Å². The summed E-state index contributed by atoms with van der Waals surface area (Å²) >= 11 is 0. The molecule has 0 atom stereocenters. The van der Waals surface area contributed by atoms with Crippen molar-refractivity contribution in [1.82, 2.24) is 0 Å². The van der Waals surface area contributed by atoms with Gasteiger partial charge in [0, 0.05) is 26.1 Å². The molecular formula is C17H20O2. The van der Waals surface area contributed by atoms with E-state index in [4.69, 9.17) is 11.2 Å². The summed E-state index contributed by atoms with van der Waals surface area (Å²) in [7, 11) is 0. The first-order chi connectivity index (χ1) is 9.29. The van der Waals surface area contributed by atoms with E-state index >= 15 is 0 Å². The van der Waals surface area contributed by atoms with E-state index in [1.807, 2.05) is 18.2 Å². The van der Waals surface area contributed by atoms with Crippen molar-refractivity contribution in [3.05, 3.63) is 35.9 Å². The normalized spacial score (nSPS) is 17.6. The van der Waals surface area contributed by atoms with Gasteiger partial charge in [0.15, 0.2) is 0 Å². The van der Waals surface area contributed by atoms with Crippen LogP contribution in [-0.2, 0) is 14.9 Å². The maximum atomic E-state index is 12.7. The predicted octanol–water partition coefficient (Wildman–Crippen LogP) is 3.11. The first kappa shape index (κ1) is 13.8. The van der Waals surface area contributed by atoms with Crippen LogP contribution in [0.2, 0.25) is 0 Å². The van der Waals surface area contributed by atoms with Gasteiger partial charge in [-0.2, -0.15) is 0 Å². The molecule has 0 N–H and O–H groups in total. The third-order valence-electron chi connectivity index (χ3n) is 3.93. The zero-order valence-corrected chi connectivity index (χ0v) is 11.2. The van der Waals surface area contributed by atoms with E-state index in [9.17, 15) is 4.79 Å². The van der Waals surface area contributed by atoms with E-state index in [-0.39, 0.29) is 5.41 Å². The van der Waals surface area contributed by atoms with Gasteiger partial charge in [0.05, 0.1) is 5.41 Å². The molecule has 0 aliphatic carbocycles. The molecule has 1 heterocycles. The fourth-order valence-corrected chi connectivity index (χ4v) is 2.80. The molecular weight excluding hydrogens is 236 g/mol. The van der Waals surface area contributed by atoms with Crippen molar-refractivity contribution < 1.29 is 9.53 Å². The van der Waals surface area contributed by atoms with E-state index in [2.05, 4.69) is 18.1 Å². The molecule has 0 amide bonds. The molecule has 1 saturated heterocycles. The highest BCUT2D eigenvalue weighted by molar-refractivity contribution is 5.90. The third kappa shape index (κ3) is 3.05. The summed E-state index contributed by atoms with van der Waals surface area (Å²) in [6.45, 7) is 1.32. The summed E-state index contributed by atoms with van der Waals surface area (Å²) in [6.07, 6.45) is 8.85. The Morgan fingerprint density at radius 1 is 1.26 bits per heavy atom. The monoisotopic (exact) mass is 256 g/mol. The standard InChI is InChI=1S/C17H20O2/c1-2-3-5-10-16(18)17(11-13-19-14-12-17)15-8-6-4-7-9-15/h1,4,6-9H,3,5,10-14H2. The predicted molar refractivity (Wildman–Crippen MR) is 75.9 cm³/mol. The summed E-state index contributed by atoms with van der Waals surface area (Å²) in [5.41, 5.74) is 0.776. The molecule has 2 heteroatoms. The van der Waals surface area contributed by atoms with Gasteiger partial charge in [-0.05, 0) is 24.8 Å². The number of terminal acetylenes is 1. The van der Waals surface area contributed by atoms with Crippen LogP contribution in [0.5, 0.6) is 0 Å². The average Bonchev–Trinajstić information content (AvgIpc) is 2.49. The number of carbonyl (C=O) groups excluding carboxylic acids is 1. The highest BCUT2D eigenvalue weighted by Crippen LogP contribution is 2.37. The Hall–Kier alpha value is -1.59. The van der Waals surface area contributed by atoms with Crippen molar-refractivity contribution >= 4 is 5.78 Å². The van der Waals surface area contributed by atoms with Gasteiger partial charge in [-0.3, -0.25) is 4.79 Å². The topological polar surface area (TPSA) is 26.3 Å². The van der Waals surface area contributed by atoms with Gasteiger partial charge in [-0.1, -0.05) is 30.3 Å². The van der Waals surface area contributed by atoms with Gasteiger partial charge in [0.25, 0.3) is 0 Å². The number of carbonyl (C=O) groups is 1. The molecule has 2 rings (SSSR count). The van der Waals surface area contributed by atoms with Gasteiger partial charge >= 0.3 is 0 Å². The molecule has 1 aliphatic rings. The maximum absolute atomic E-state index is 12.7. The first-order valence-corrected chi connectivity index (χ1v) is 6.90. The lowest BCUT2D eigenvalue weighted by molar-refractivity contribution is -0.128. The average molecular weight is 256 g/mol.